The fourth-order valence-corrected chi connectivity index (χ4v) is 3.19. The van der Waals surface area contributed by atoms with Crippen LogP contribution in [0.1, 0.15) is 38.8 Å². The fraction of sp³-hybridized carbons (Fsp3) is 0.455. The van der Waals surface area contributed by atoms with Gasteiger partial charge in [0.2, 0.25) is 0 Å². The Balaban J connectivity index is 1.88. The molecule has 0 bridgehead atoms. The SMILES string of the molecule is COCOCc1cc(B2OC(C)(C)C(C)(C)O2)cc(OCc2ccccc2)c1Cl. The van der Waals surface area contributed by atoms with E-state index in [1.54, 1.807) is 7.11 Å². The molecule has 0 spiro atoms. The molecule has 0 atom stereocenters. The number of methoxy groups -OCH3 is 1. The van der Waals surface area contributed by atoms with Crippen molar-refractivity contribution in [1.29, 1.82) is 0 Å². The van der Waals surface area contributed by atoms with Crippen LogP contribution in [0, 0.1) is 0 Å². The van der Waals surface area contributed by atoms with Gasteiger partial charge in [-0.15, -0.1) is 0 Å². The van der Waals surface area contributed by atoms with E-state index in [9.17, 15) is 0 Å². The summed E-state index contributed by atoms with van der Waals surface area (Å²) in [6.45, 7) is 8.98. The van der Waals surface area contributed by atoms with Crippen molar-refractivity contribution in [2.75, 3.05) is 13.9 Å². The van der Waals surface area contributed by atoms with Crippen molar-refractivity contribution in [1.82, 2.24) is 0 Å². The number of hydrogen-bond donors (Lipinski definition) is 0. The normalized spacial score (nSPS) is 17.5. The van der Waals surface area contributed by atoms with Crippen LogP contribution < -0.4 is 10.2 Å². The summed E-state index contributed by atoms with van der Waals surface area (Å²) in [6.07, 6.45) is 0. The van der Waals surface area contributed by atoms with E-state index in [0.717, 1.165) is 16.6 Å². The van der Waals surface area contributed by atoms with Gasteiger partial charge in [-0.25, -0.2) is 0 Å². The van der Waals surface area contributed by atoms with Gasteiger partial charge >= 0.3 is 7.12 Å². The van der Waals surface area contributed by atoms with Crippen LogP contribution in [0.2, 0.25) is 5.02 Å². The maximum Gasteiger partial charge on any atom is 0.494 e. The summed E-state index contributed by atoms with van der Waals surface area (Å²) in [5.41, 5.74) is 1.82. The zero-order chi connectivity index (χ0) is 21.1. The second-order valence-corrected chi connectivity index (χ2v) is 8.49. The molecule has 2 aromatic rings. The summed E-state index contributed by atoms with van der Waals surface area (Å²) in [7, 11) is 1.06. The Morgan fingerprint density at radius 1 is 0.966 bits per heavy atom. The second kappa shape index (κ2) is 9.06. The van der Waals surface area contributed by atoms with Crippen molar-refractivity contribution in [3.05, 3.63) is 58.6 Å². The first-order valence-corrected chi connectivity index (χ1v) is 10.0. The van der Waals surface area contributed by atoms with Gasteiger partial charge in [0.25, 0.3) is 0 Å². The van der Waals surface area contributed by atoms with E-state index < -0.39 is 18.3 Å². The highest BCUT2D eigenvalue weighted by Crippen LogP contribution is 2.37. The van der Waals surface area contributed by atoms with Crippen molar-refractivity contribution in [2.45, 2.75) is 52.1 Å². The van der Waals surface area contributed by atoms with Gasteiger partial charge in [0.05, 0.1) is 22.8 Å². The molecule has 0 amide bonds. The zero-order valence-corrected chi connectivity index (χ0v) is 18.4. The van der Waals surface area contributed by atoms with Crippen molar-refractivity contribution < 1.29 is 23.5 Å². The average molecular weight is 419 g/mol. The molecular weight excluding hydrogens is 391 g/mol. The second-order valence-electron chi connectivity index (χ2n) is 8.11. The lowest BCUT2D eigenvalue weighted by Crippen LogP contribution is -2.41. The molecule has 2 aromatic carbocycles. The molecule has 0 radical (unpaired) electrons. The monoisotopic (exact) mass is 418 g/mol. The molecule has 0 unspecified atom stereocenters. The maximum absolute atomic E-state index is 6.62. The summed E-state index contributed by atoms with van der Waals surface area (Å²) in [4.78, 5) is 0. The number of rotatable bonds is 8. The van der Waals surface area contributed by atoms with Crippen LogP contribution in [-0.4, -0.2) is 32.2 Å². The zero-order valence-electron chi connectivity index (χ0n) is 17.7. The lowest BCUT2D eigenvalue weighted by atomic mass is 9.78. The minimum Gasteiger partial charge on any atom is -0.487 e. The average Bonchev–Trinajstić information content (AvgIpc) is 2.90. The number of ether oxygens (including phenoxy) is 3. The van der Waals surface area contributed by atoms with Crippen LogP contribution >= 0.6 is 11.6 Å². The predicted molar refractivity (Wildman–Crippen MR) is 115 cm³/mol. The first-order valence-electron chi connectivity index (χ1n) is 9.65. The molecule has 1 aliphatic rings. The first kappa shape index (κ1) is 22.1. The highest BCUT2D eigenvalue weighted by molar-refractivity contribution is 6.62. The summed E-state index contributed by atoms with van der Waals surface area (Å²) in [5, 5.41) is 0.511. The highest BCUT2D eigenvalue weighted by atomic mass is 35.5. The third kappa shape index (κ3) is 5.14. The molecule has 29 heavy (non-hydrogen) atoms. The highest BCUT2D eigenvalue weighted by Gasteiger charge is 2.51. The standard InChI is InChI=1S/C22H28BClO5/c1-21(2)22(3,4)29-23(28-21)18-11-17(14-26-15-25-5)20(24)19(12-18)27-13-16-9-7-6-8-10-16/h6-12H,13-15H2,1-5H3. The summed E-state index contributed by atoms with van der Waals surface area (Å²) < 4.78 is 28.9. The molecule has 5 nitrogen and oxygen atoms in total. The Morgan fingerprint density at radius 2 is 1.62 bits per heavy atom. The van der Waals surface area contributed by atoms with E-state index in [4.69, 9.17) is 35.1 Å². The maximum atomic E-state index is 6.62. The molecule has 0 N–H and O–H groups in total. The topological polar surface area (TPSA) is 46.2 Å². The van der Waals surface area contributed by atoms with Gasteiger partial charge in [-0.2, -0.15) is 0 Å². The number of hydrogen-bond acceptors (Lipinski definition) is 5. The molecule has 0 aliphatic carbocycles. The Hall–Kier alpha value is -1.57. The third-order valence-corrected chi connectivity index (χ3v) is 5.79. The lowest BCUT2D eigenvalue weighted by molar-refractivity contribution is -0.0390. The molecule has 156 valence electrons. The molecule has 3 rings (SSSR count). The van der Waals surface area contributed by atoms with Gasteiger partial charge in [0.1, 0.15) is 19.1 Å². The lowest BCUT2D eigenvalue weighted by Gasteiger charge is -2.32. The summed E-state index contributed by atoms with van der Waals surface area (Å²) in [6, 6.07) is 13.8. The Kier molecular flexibility index (Phi) is 6.92. The summed E-state index contributed by atoms with van der Waals surface area (Å²) in [5.74, 6) is 0.568. The van der Waals surface area contributed by atoms with E-state index in [0.29, 0.717) is 24.0 Å². The molecule has 1 aliphatic heterocycles. The van der Waals surface area contributed by atoms with Crippen LogP contribution in [-0.2, 0) is 32.0 Å². The Morgan fingerprint density at radius 3 is 2.24 bits per heavy atom. The molecular formula is C22H28BClO5. The van der Waals surface area contributed by atoms with Crippen molar-refractivity contribution >= 4 is 24.2 Å². The van der Waals surface area contributed by atoms with Gasteiger partial charge in [-0.1, -0.05) is 48.0 Å². The molecule has 1 heterocycles. The minimum atomic E-state index is -0.516. The van der Waals surface area contributed by atoms with Crippen molar-refractivity contribution in [3.8, 4) is 5.75 Å². The van der Waals surface area contributed by atoms with E-state index in [2.05, 4.69) is 0 Å². The van der Waals surface area contributed by atoms with Crippen LogP contribution in [0.25, 0.3) is 0 Å². The molecule has 0 saturated carbocycles. The molecule has 7 heteroatoms. The van der Waals surface area contributed by atoms with Gasteiger partial charge in [-0.05, 0) is 50.4 Å². The Bertz CT molecular complexity index is 809. The van der Waals surface area contributed by atoms with E-state index >= 15 is 0 Å². The van der Waals surface area contributed by atoms with E-state index in [1.165, 1.54) is 0 Å². The van der Waals surface area contributed by atoms with E-state index in [-0.39, 0.29) is 6.79 Å². The van der Waals surface area contributed by atoms with Crippen LogP contribution in [0.15, 0.2) is 42.5 Å². The fourth-order valence-electron chi connectivity index (χ4n) is 2.97. The van der Waals surface area contributed by atoms with Gasteiger partial charge in [0.15, 0.2) is 0 Å². The van der Waals surface area contributed by atoms with Gasteiger partial charge < -0.3 is 23.5 Å². The van der Waals surface area contributed by atoms with E-state index in [1.807, 2.05) is 70.2 Å². The number of benzene rings is 2. The first-order chi connectivity index (χ1) is 13.7. The predicted octanol–water partition coefficient (Wildman–Crippen LogP) is 4.34. The van der Waals surface area contributed by atoms with Crippen LogP contribution in [0.3, 0.4) is 0 Å². The van der Waals surface area contributed by atoms with Crippen molar-refractivity contribution in [2.24, 2.45) is 0 Å². The smallest absolute Gasteiger partial charge is 0.487 e. The quantitative estimate of drug-likeness (QED) is 0.362. The third-order valence-electron chi connectivity index (χ3n) is 5.36. The molecule has 0 aromatic heterocycles. The van der Waals surface area contributed by atoms with Crippen molar-refractivity contribution in [3.63, 3.8) is 0 Å². The van der Waals surface area contributed by atoms with Gasteiger partial charge in [-0.3, -0.25) is 0 Å². The molecule has 1 saturated heterocycles. The van der Waals surface area contributed by atoms with Crippen LogP contribution in [0.5, 0.6) is 5.75 Å². The minimum absolute atomic E-state index is 0.178. The summed E-state index contributed by atoms with van der Waals surface area (Å²) >= 11 is 6.62. The largest absolute Gasteiger partial charge is 0.494 e. The number of halogens is 1. The van der Waals surface area contributed by atoms with Crippen LogP contribution in [0.4, 0.5) is 0 Å². The Labute approximate surface area is 178 Å². The van der Waals surface area contributed by atoms with Gasteiger partial charge in [0, 0.05) is 7.11 Å². The molecule has 1 fully saturated rings.